The fourth-order valence-electron chi connectivity index (χ4n) is 6.88. The van der Waals surface area contributed by atoms with Gasteiger partial charge in [0.2, 0.25) is 11.8 Å². The van der Waals surface area contributed by atoms with E-state index in [1.165, 1.54) is 5.56 Å². The third kappa shape index (κ3) is 5.34. The van der Waals surface area contributed by atoms with Crippen LogP contribution in [0.15, 0.2) is 66.7 Å². The Kier molecular flexibility index (Phi) is 7.28. The van der Waals surface area contributed by atoms with Gasteiger partial charge in [0.05, 0.1) is 12.3 Å². The average molecular weight is 579 g/mol. The molecular weight excluding hydrogens is 544 g/mol. The third-order valence-electron chi connectivity index (χ3n) is 9.15. The summed E-state index contributed by atoms with van der Waals surface area (Å²) in [6, 6.07) is 21.6. The number of amides is 4. The minimum atomic E-state index is -0.595. The van der Waals surface area contributed by atoms with E-state index < -0.39 is 6.04 Å². The van der Waals surface area contributed by atoms with Gasteiger partial charge in [-0.25, -0.2) is 0 Å². The van der Waals surface area contributed by atoms with Crippen LogP contribution in [0, 0.1) is 0 Å². The van der Waals surface area contributed by atoms with Crippen LogP contribution in [0.25, 0.3) is 0 Å². The highest BCUT2D eigenvalue weighted by Crippen LogP contribution is 2.36. The lowest BCUT2D eigenvalue weighted by atomic mass is 9.87. The molecule has 0 saturated carbocycles. The first kappa shape index (κ1) is 27.5. The summed E-state index contributed by atoms with van der Waals surface area (Å²) in [5, 5.41) is 2.37. The van der Waals surface area contributed by atoms with E-state index in [2.05, 4.69) is 40.5 Å². The largest absolute Gasteiger partial charge is 0.367 e. The van der Waals surface area contributed by atoms with E-state index in [-0.39, 0.29) is 36.7 Å². The van der Waals surface area contributed by atoms with Crippen LogP contribution in [0.5, 0.6) is 0 Å². The average Bonchev–Trinajstić information content (AvgIpc) is 3.24. The Labute approximate surface area is 250 Å². The number of nitrogens with one attached hydrogen (secondary N) is 1. The molecule has 7 rings (SSSR count). The molecule has 3 aromatic carbocycles. The van der Waals surface area contributed by atoms with Crippen molar-refractivity contribution in [2.24, 2.45) is 0 Å². The maximum absolute atomic E-state index is 13.1. The van der Waals surface area contributed by atoms with Crippen LogP contribution in [-0.2, 0) is 38.8 Å². The Morgan fingerprint density at radius 1 is 0.837 bits per heavy atom. The summed E-state index contributed by atoms with van der Waals surface area (Å²) in [5.41, 5.74) is 6.75. The highest BCUT2D eigenvalue weighted by molar-refractivity contribution is 6.05. The van der Waals surface area contributed by atoms with Crippen LogP contribution in [0.3, 0.4) is 0 Å². The number of anilines is 2. The second kappa shape index (κ2) is 11.4. The van der Waals surface area contributed by atoms with Gasteiger partial charge in [-0.2, -0.15) is 0 Å². The van der Waals surface area contributed by atoms with Crippen LogP contribution in [0.4, 0.5) is 11.4 Å². The zero-order valence-corrected chi connectivity index (χ0v) is 24.0. The number of fused-ring (bicyclic) bond motifs is 2. The van der Waals surface area contributed by atoms with Gasteiger partial charge in [0, 0.05) is 36.3 Å². The first-order valence-corrected chi connectivity index (χ1v) is 15.0. The standard InChI is InChI=1S/C34H34N4O5/c39-31-11-10-29(33(41)35-31)37-19-26-17-24(8-9-28(26)34(37)42)23-12-14-36(15-13-23)18-22-6-7-25-20-43-21-32(40)38(30(25)16-22)27-4-2-1-3-5-27/h1-9,16-17,23,29H,10-15,18-21H2,(H,35,39,41). The molecule has 4 aliphatic rings. The molecule has 1 atom stereocenters. The molecule has 220 valence electrons. The predicted octanol–water partition coefficient (Wildman–Crippen LogP) is 4.02. The smallest absolute Gasteiger partial charge is 0.257 e. The molecule has 0 radical (unpaired) electrons. The molecule has 2 fully saturated rings. The van der Waals surface area contributed by atoms with Crippen molar-refractivity contribution in [2.45, 2.75) is 57.3 Å². The number of ether oxygens (including phenoxy) is 1. The minimum absolute atomic E-state index is 0.0538. The number of imide groups is 1. The summed E-state index contributed by atoms with van der Waals surface area (Å²) < 4.78 is 5.65. The van der Waals surface area contributed by atoms with Gasteiger partial charge in [-0.1, -0.05) is 42.5 Å². The summed E-state index contributed by atoms with van der Waals surface area (Å²) in [6.07, 6.45) is 2.64. The van der Waals surface area contributed by atoms with Crippen molar-refractivity contribution >= 4 is 35.0 Å². The van der Waals surface area contributed by atoms with Crippen molar-refractivity contribution in [1.82, 2.24) is 15.1 Å². The van der Waals surface area contributed by atoms with Crippen LogP contribution in [0.1, 0.15) is 64.2 Å². The predicted molar refractivity (Wildman–Crippen MR) is 159 cm³/mol. The SMILES string of the molecule is O=C1CCC(N2Cc3cc(C4CCN(Cc5ccc6c(c5)N(c5ccccc5)C(=O)COC6)CC4)ccc3C2=O)C(=O)N1. The molecule has 1 unspecified atom stereocenters. The van der Waals surface area contributed by atoms with Gasteiger partial charge >= 0.3 is 0 Å². The molecule has 9 nitrogen and oxygen atoms in total. The molecule has 4 heterocycles. The Bertz CT molecular complexity index is 1600. The van der Waals surface area contributed by atoms with Crippen LogP contribution >= 0.6 is 0 Å². The van der Waals surface area contributed by atoms with Crippen molar-refractivity contribution in [1.29, 1.82) is 0 Å². The van der Waals surface area contributed by atoms with Crippen molar-refractivity contribution in [3.05, 3.63) is 94.5 Å². The number of nitrogens with zero attached hydrogens (tertiary/aromatic N) is 3. The second-order valence-electron chi connectivity index (χ2n) is 11.9. The van der Waals surface area contributed by atoms with E-state index in [0.29, 0.717) is 31.1 Å². The first-order valence-electron chi connectivity index (χ1n) is 15.0. The van der Waals surface area contributed by atoms with Crippen LogP contribution in [-0.4, -0.2) is 59.2 Å². The summed E-state index contributed by atoms with van der Waals surface area (Å²) in [6.45, 7) is 3.57. The third-order valence-corrected chi connectivity index (χ3v) is 9.15. The molecule has 0 aliphatic carbocycles. The second-order valence-corrected chi connectivity index (χ2v) is 11.9. The number of hydrogen-bond donors (Lipinski definition) is 1. The molecule has 2 saturated heterocycles. The topological polar surface area (TPSA) is 99.3 Å². The summed E-state index contributed by atoms with van der Waals surface area (Å²) in [5.74, 6) is -0.464. The number of benzene rings is 3. The quantitative estimate of drug-likeness (QED) is 0.460. The molecule has 0 aromatic heterocycles. The summed E-state index contributed by atoms with van der Waals surface area (Å²) in [7, 11) is 0. The lowest BCUT2D eigenvalue weighted by molar-refractivity contribution is -0.137. The van der Waals surface area contributed by atoms with E-state index in [9.17, 15) is 19.2 Å². The number of likely N-dealkylation sites (tertiary alicyclic amines) is 1. The first-order chi connectivity index (χ1) is 20.9. The number of carbonyl (C=O) groups is 4. The van der Waals surface area contributed by atoms with Gasteiger partial charge in [0.15, 0.2) is 0 Å². The normalized spacial score (nSPS) is 21.4. The Balaban J connectivity index is 1.01. The molecule has 43 heavy (non-hydrogen) atoms. The molecule has 3 aromatic rings. The number of para-hydroxylation sites is 1. The lowest BCUT2D eigenvalue weighted by Crippen LogP contribution is -2.52. The van der Waals surface area contributed by atoms with E-state index in [1.807, 2.05) is 36.4 Å². The molecule has 4 amide bonds. The zero-order valence-electron chi connectivity index (χ0n) is 24.0. The van der Waals surface area contributed by atoms with Gasteiger partial charge in [-0.15, -0.1) is 0 Å². The summed E-state index contributed by atoms with van der Waals surface area (Å²) in [4.78, 5) is 55.9. The number of rotatable bonds is 5. The fraction of sp³-hybridized carbons (Fsp3) is 0.353. The highest BCUT2D eigenvalue weighted by Gasteiger charge is 2.39. The molecule has 4 aliphatic heterocycles. The van der Waals surface area contributed by atoms with Crippen LogP contribution < -0.4 is 10.2 Å². The minimum Gasteiger partial charge on any atom is -0.367 e. The highest BCUT2D eigenvalue weighted by atomic mass is 16.5. The van der Waals surface area contributed by atoms with E-state index in [4.69, 9.17) is 4.74 Å². The van der Waals surface area contributed by atoms with Gasteiger partial charge in [0.1, 0.15) is 12.6 Å². The Morgan fingerprint density at radius 3 is 2.44 bits per heavy atom. The Morgan fingerprint density at radius 2 is 1.65 bits per heavy atom. The maximum Gasteiger partial charge on any atom is 0.257 e. The zero-order chi connectivity index (χ0) is 29.5. The van der Waals surface area contributed by atoms with Gasteiger partial charge in [-0.3, -0.25) is 34.3 Å². The van der Waals surface area contributed by atoms with E-state index >= 15 is 0 Å². The Hall–Kier alpha value is -4.34. The molecule has 0 bridgehead atoms. The lowest BCUT2D eigenvalue weighted by Gasteiger charge is -2.32. The van der Waals surface area contributed by atoms with Crippen molar-refractivity contribution in [2.75, 3.05) is 24.6 Å². The van der Waals surface area contributed by atoms with Crippen molar-refractivity contribution in [3.63, 3.8) is 0 Å². The van der Waals surface area contributed by atoms with Gasteiger partial charge in [-0.05, 0) is 79.2 Å². The van der Waals surface area contributed by atoms with Crippen LogP contribution in [0.2, 0.25) is 0 Å². The maximum atomic E-state index is 13.1. The van der Waals surface area contributed by atoms with E-state index in [1.54, 1.807) is 9.80 Å². The van der Waals surface area contributed by atoms with Gasteiger partial charge in [0.25, 0.3) is 11.8 Å². The number of piperidine rings is 2. The summed E-state index contributed by atoms with van der Waals surface area (Å²) >= 11 is 0. The number of hydrogen-bond acceptors (Lipinski definition) is 6. The van der Waals surface area contributed by atoms with Crippen molar-refractivity contribution < 1.29 is 23.9 Å². The molecule has 0 spiro atoms. The number of carbonyl (C=O) groups excluding carboxylic acids is 4. The van der Waals surface area contributed by atoms with Crippen molar-refractivity contribution in [3.8, 4) is 0 Å². The molecule has 1 N–H and O–H groups in total. The monoisotopic (exact) mass is 578 g/mol. The van der Waals surface area contributed by atoms with Gasteiger partial charge < -0.3 is 9.64 Å². The molecule has 9 heteroatoms. The fourth-order valence-corrected chi connectivity index (χ4v) is 6.88. The molecular formula is C34H34N4O5. The van der Waals surface area contributed by atoms with E-state index in [0.717, 1.165) is 60.5 Å².